The molecule has 0 aliphatic carbocycles. The number of imidazole rings is 3. The fourth-order valence-corrected chi connectivity index (χ4v) is 3.40. The molecule has 5 rings (SSSR count). The van der Waals surface area contributed by atoms with Gasteiger partial charge in [-0.1, -0.05) is 0 Å². The van der Waals surface area contributed by atoms with E-state index in [1.54, 1.807) is 6.20 Å². The molecule has 0 bridgehead atoms. The highest BCUT2D eigenvalue weighted by atomic mass is 15.1. The van der Waals surface area contributed by atoms with Crippen molar-refractivity contribution in [3.8, 4) is 5.69 Å². The van der Waals surface area contributed by atoms with Gasteiger partial charge in [0.15, 0.2) is 0 Å². The summed E-state index contributed by atoms with van der Waals surface area (Å²) in [5.41, 5.74) is 10.8. The van der Waals surface area contributed by atoms with Crippen LogP contribution in [-0.2, 0) is 6.42 Å². The Labute approximate surface area is 160 Å². The molecule has 3 heterocycles. The Morgan fingerprint density at radius 2 is 1.71 bits per heavy atom. The number of rotatable bonds is 4. The summed E-state index contributed by atoms with van der Waals surface area (Å²) in [6.07, 6.45) is 4.28. The third kappa shape index (κ3) is 2.71. The predicted molar refractivity (Wildman–Crippen MR) is 108 cm³/mol. The summed E-state index contributed by atoms with van der Waals surface area (Å²) in [6, 6.07) is 11.6. The van der Waals surface area contributed by atoms with E-state index in [4.69, 9.17) is 16.1 Å². The van der Waals surface area contributed by atoms with Crippen LogP contribution in [0.15, 0.2) is 48.8 Å². The molecule has 138 valence electrons. The number of amidine groups is 1. The van der Waals surface area contributed by atoms with Crippen LogP contribution in [0.3, 0.4) is 0 Å². The van der Waals surface area contributed by atoms with Crippen LogP contribution in [0.25, 0.3) is 27.8 Å². The maximum atomic E-state index is 7.56. The molecule has 0 saturated heterocycles. The summed E-state index contributed by atoms with van der Waals surface area (Å²) in [7, 11) is 0. The zero-order valence-corrected chi connectivity index (χ0v) is 15.2. The molecule has 0 atom stereocenters. The highest BCUT2D eigenvalue weighted by Crippen LogP contribution is 2.20. The third-order valence-electron chi connectivity index (χ3n) is 4.80. The van der Waals surface area contributed by atoms with Gasteiger partial charge >= 0.3 is 0 Å². The predicted octanol–water partition coefficient (Wildman–Crippen LogP) is 2.81. The Morgan fingerprint density at radius 1 is 1.04 bits per heavy atom. The Hall–Kier alpha value is -3.94. The summed E-state index contributed by atoms with van der Waals surface area (Å²) >= 11 is 0. The van der Waals surface area contributed by atoms with Crippen LogP contribution in [0.4, 0.5) is 0 Å². The first-order valence-electron chi connectivity index (χ1n) is 8.89. The number of aryl methyl sites for hydroxylation is 1. The smallest absolute Gasteiger partial charge is 0.122 e. The lowest BCUT2D eigenvalue weighted by Crippen LogP contribution is -2.10. The first-order valence-corrected chi connectivity index (χ1v) is 8.89. The van der Waals surface area contributed by atoms with E-state index in [1.165, 1.54) is 0 Å². The van der Waals surface area contributed by atoms with Gasteiger partial charge in [0.05, 0.1) is 28.5 Å². The zero-order valence-electron chi connectivity index (χ0n) is 15.2. The molecule has 0 amide bonds. The van der Waals surface area contributed by atoms with Crippen molar-refractivity contribution in [2.45, 2.75) is 13.3 Å². The maximum absolute atomic E-state index is 7.56. The minimum Gasteiger partial charge on any atom is -0.384 e. The number of nitrogens with two attached hydrogens (primary N) is 1. The molecule has 0 spiro atoms. The molecule has 28 heavy (non-hydrogen) atoms. The number of aromatic amines is 2. The van der Waals surface area contributed by atoms with Gasteiger partial charge in [-0.25, -0.2) is 15.0 Å². The van der Waals surface area contributed by atoms with Crippen molar-refractivity contribution < 1.29 is 0 Å². The van der Waals surface area contributed by atoms with Gasteiger partial charge in [-0.05, 0) is 43.3 Å². The van der Waals surface area contributed by atoms with E-state index in [2.05, 4.69) is 19.9 Å². The van der Waals surface area contributed by atoms with Crippen LogP contribution >= 0.6 is 0 Å². The van der Waals surface area contributed by atoms with Gasteiger partial charge in [-0.15, -0.1) is 0 Å². The van der Waals surface area contributed by atoms with E-state index in [0.29, 0.717) is 12.0 Å². The Morgan fingerprint density at radius 3 is 2.36 bits per heavy atom. The lowest BCUT2D eigenvalue weighted by molar-refractivity contribution is 0.960. The second-order valence-electron chi connectivity index (χ2n) is 6.74. The zero-order chi connectivity index (χ0) is 19.3. The number of nitrogen functional groups attached to an aromatic ring is 1. The summed E-state index contributed by atoms with van der Waals surface area (Å²) in [6.45, 7) is 1.97. The monoisotopic (exact) mass is 370 g/mol. The molecule has 0 aliphatic rings. The number of nitrogens with zero attached hydrogens (tertiary/aromatic N) is 4. The number of nitrogens with one attached hydrogen (secondary N) is 3. The molecule has 8 heteroatoms. The molecular weight excluding hydrogens is 352 g/mol. The van der Waals surface area contributed by atoms with E-state index < -0.39 is 0 Å². The molecule has 2 aromatic carbocycles. The third-order valence-corrected chi connectivity index (χ3v) is 4.80. The van der Waals surface area contributed by atoms with Gasteiger partial charge in [0.25, 0.3) is 0 Å². The van der Waals surface area contributed by atoms with Crippen LogP contribution in [0.1, 0.15) is 23.0 Å². The van der Waals surface area contributed by atoms with Crippen molar-refractivity contribution in [3.05, 3.63) is 71.8 Å². The van der Waals surface area contributed by atoms with Crippen molar-refractivity contribution in [1.82, 2.24) is 29.5 Å². The lowest BCUT2D eigenvalue weighted by Gasteiger charge is -2.03. The minimum absolute atomic E-state index is 0.0349. The fraction of sp³-hybridized carbons (Fsp3) is 0.100. The molecule has 0 saturated carbocycles. The van der Waals surface area contributed by atoms with Gasteiger partial charge < -0.3 is 20.3 Å². The average Bonchev–Trinajstić information content (AvgIpc) is 3.37. The number of aromatic nitrogens is 6. The normalized spacial score (nSPS) is 11.5. The molecule has 5 aromatic rings. The molecule has 0 radical (unpaired) electrons. The minimum atomic E-state index is 0.0349. The number of fused-ring (bicyclic) bond motifs is 2. The second-order valence-corrected chi connectivity index (χ2v) is 6.74. The van der Waals surface area contributed by atoms with E-state index in [0.717, 1.165) is 45.2 Å². The Bertz CT molecular complexity index is 1340. The van der Waals surface area contributed by atoms with Gasteiger partial charge in [0.2, 0.25) is 0 Å². The van der Waals surface area contributed by atoms with Gasteiger partial charge in [-0.3, -0.25) is 5.41 Å². The highest BCUT2D eigenvalue weighted by Gasteiger charge is 2.10. The van der Waals surface area contributed by atoms with Crippen LogP contribution in [0.2, 0.25) is 0 Å². The number of benzene rings is 2. The van der Waals surface area contributed by atoms with E-state index in [-0.39, 0.29) is 5.84 Å². The van der Waals surface area contributed by atoms with Gasteiger partial charge in [-0.2, -0.15) is 0 Å². The van der Waals surface area contributed by atoms with Crippen LogP contribution < -0.4 is 5.73 Å². The van der Waals surface area contributed by atoms with E-state index in [9.17, 15) is 0 Å². The molecule has 0 unspecified atom stereocenters. The SMILES string of the molecule is Cc1nccn1-c1ccc2[nH]c(Cc3nc4cc(C(=N)N)ccc4[nH]3)nc2c1. The van der Waals surface area contributed by atoms with Crippen molar-refractivity contribution in [1.29, 1.82) is 5.41 Å². The van der Waals surface area contributed by atoms with E-state index >= 15 is 0 Å². The summed E-state index contributed by atoms with van der Waals surface area (Å²) in [5, 5.41) is 7.56. The first kappa shape index (κ1) is 16.2. The first-order chi connectivity index (χ1) is 13.6. The average molecular weight is 370 g/mol. The molecule has 0 aliphatic heterocycles. The molecule has 8 nitrogen and oxygen atoms in total. The summed E-state index contributed by atoms with van der Waals surface area (Å²) in [5.74, 6) is 2.61. The highest BCUT2D eigenvalue weighted by molar-refractivity contribution is 5.97. The van der Waals surface area contributed by atoms with E-state index in [1.807, 2.05) is 54.1 Å². The van der Waals surface area contributed by atoms with Crippen LogP contribution in [0, 0.1) is 12.3 Å². The standard InChI is InChI=1S/C20H18N8/c1-11-23-6-7-28(11)13-3-5-15-17(9-13)27-19(25-15)10-18-24-14-4-2-12(20(21)22)8-16(14)26-18/h2-9H,10H2,1H3,(H3,21,22)(H,24,26)(H,25,27). The number of hydrogen-bond acceptors (Lipinski definition) is 4. The molecule has 0 fully saturated rings. The topological polar surface area (TPSA) is 125 Å². The van der Waals surface area contributed by atoms with Crippen molar-refractivity contribution >= 4 is 27.9 Å². The molecule has 3 aromatic heterocycles. The van der Waals surface area contributed by atoms with Crippen molar-refractivity contribution in [3.63, 3.8) is 0 Å². The largest absolute Gasteiger partial charge is 0.384 e. The summed E-state index contributed by atoms with van der Waals surface area (Å²) in [4.78, 5) is 20.3. The quantitative estimate of drug-likeness (QED) is 0.287. The Kier molecular flexibility index (Phi) is 3.51. The van der Waals surface area contributed by atoms with Crippen LogP contribution in [0.5, 0.6) is 0 Å². The second kappa shape index (κ2) is 6.05. The number of H-pyrrole nitrogens is 2. The maximum Gasteiger partial charge on any atom is 0.122 e. The summed E-state index contributed by atoms with van der Waals surface area (Å²) < 4.78 is 2.03. The van der Waals surface area contributed by atoms with Crippen molar-refractivity contribution in [2.75, 3.05) is 0 Å². The van der Waals surface area contributed by atoms with Crippen molar-refractivity contribution in [2.24, 2.45) is 5.73 Å². The molecular formula is C20H18N8. The van der Waals surface area contributed by atoms with Gasteiger partial charge in [0, 0.05) is 23.6 Å². The lowest BCUT2D eigenvalue weighted by atomic mass is 10.2. The van der Waals surface area contributed by atoms with Crippen LogP contribution in [-0.4, -0.2) is 35.3 Å². The molecule has 5 N–H and O–H groups in total. The number of hydrogen-bond donors (Lipinski definition) is 4. The Balaban J connectivity index is 1.47. The fourth-order valence-electron chi connectivity index (χ4n) is 3.40. The van der Waals surface area contributed by atoms with Gasteiger partial charge in [0.1, 0.15) is 23.3 Å².